The van der Waals surface area contributed by atoms with E-state index >= 15 is 0 Å². The van der Waals surface area contributed by atoms with Gasteiger partial charge in [-0.25, -0.2) is 0 Å². The molecular weight excluding hydrogens is 436 g/mol. The summed E-state index contributed by atoms with van der Waals surface area (Å²) in [6.45, 7) is 6.74. The number of rotatable bonds is 18. The largest absolute Gasteiger partial charge is 0.348 e. The summed E-state index contributed by atoms with van der Waals surface area (Å²) >= 11 is 0. The monoisotopic (exact) mass is 484 g/mol. The second-order valence-corrected chi connectivity index (χ2v) is 10.1. The van der Waals surface area contributed by atoms with Crippen molar-refractivity contribution in [2.24, 2.45) is 0 Å². The molecule has 0 atom stereocenters. The minimum Gasteiger partial charge on any atom is -0.348 e. The third-order valence-electron chi connectivity index (χ3n) is 7.04. The van der Waals surface area contributed by atoms with Crippen molar-refractivity contribution in [2.45, 2.75) is 117 Å². The molecule has 0 aliphatic carbocycles. The normalized spacial score (nSPS) is 11.5. The highest BCUT2D eigenvalue weighted by Gasteiger charge is 2.12. The molecule has 0 radical (unpaired) electrons. The Morgan fingerprint density at radius 2 is 1.08 bits per heavy atom. The van der Waals surface area contributed by atoms with Crippen LogP contribution in [0.5, 0.6) is 0 Å². The standard InChI is InChI=1S/C34H48N2/c1-4-7-10-12-13-15-17-30-21-25-33(26-22-30)34(31(18-9-6-3)27-28-36-35)32-23-19-29(20-24-32)16-14-11-8-5-2/h19-27H,4-18H2,1-3H3. The number of benzene rings is 2. The molecule has 2 heteroatoms. The van der Waals surface area contributed by atoms with Gasteiger partial charge in [0.05, 0.1) is 6.08 Å². The maximum absolute atomic E-state index is 9.07. The zero-order chi connectivity index (χ0) is 25.8. The molecule has 0 saturated heterocycles. The molecule has 2 aromatic carbocycles. The topological polar surface area (TPSA) is 36.4 Å². The number of aryl methyl sites for hydroxylation is 2. The zero-order valence-corrected chi connectivity index (χ0v) is 23.2. The van der Waals surface area contributed by atoms with Crippen LogP contribution in [0, 0.1) is 0 Å². The first-order valence-corrected chi connectivity index (χ1v) is 14.6. The fourth-order valence-corrected chi connectivity index (χ4v) is 4.82. The van der Waals surface area contributed by atoms with Gasteiger partial charge in [-0.3, -0.25) is 0 Å². The molecule has 0 aromatic heterocycles. The average Bonchev–Trinajstić information content (AvgIpc) is 2.91. The third kappa shape index (κ3) is 10.9. The second-order valence-electron chi connectivity index (χ2n) is 10.1. The van der Waals surface area contributed by atoms with Gasteiger partial charge in [-0.15, -0.1) is 4.79 Å². The van der Waals surface area contributed by atoms with Crippen LogP contribution in [-0.2, 0) is 12.8 Å². The lowest BCUT2D eigenvalue weighted by Gasteiger charge is -2.15. The van der Waals surface area contributed by atoms with Crippen LogP contribution in [0.4, 0.5) is 0 Å². The van der Waals surface area contributed by atoms with Crippen LogP contribution in [0.15, 0.2) is 60.2 Å². The SMILES string of the molecule is CCCCCCCCc1ccc(C(=C(C=C=[N+]=[N-])CCCC)c2ccc(CCCCCC)cc2)cc1. The van der Waals surface area contributed by atoms with Gasteiger partial charge in [0.15, 0.2) is 0 Å². The van der Waals surface area contributed by atoms with Crippen molar-refractivity contribution in [3.05, 3.63) is 88.0 Å². The summed E-state index contributed by atoms with van der Waals surface area (Å²) in [6, 6.07) is 18.3. The van der Waals surface area contributed by atoms with Crippen molar-refractivity contribution in [3.8, 4) is 0 Å². The highest BCUT2D eigenvalue weighted by molar-refractivity contribution is 5.85. The van der Waals surface area contributed by atoms with Crippen LogP contribution < -0.4 is 0 Å². The molecule has 0 fully saturated rings. The maximum Gasteiger partial charge on any atom is 0.299 e. The maximum atomic E-state index is 9.07. The molecule has 194 valence electrons. The Labute approximate surface area is 221 Å². The molecule has 0 spiro atoms. The molecule has 0 N–H and O–H groups in total. The lowest BCUT2D eigenvalue weighted by molar-refractivity contribution is 0.00800. The van der Waals surface area contributed by atoms with Crippen LogP contribution in [0.3, 0.4) is 0 Å². The summed E-state index contributed by atoms with van der Waals surface area (Å²) in [7, 11) is 0. The highest BCUT2D eigenvalue weighted by Crippen LogP contribution is 2.31. The first kappa shape index (κ1) is 29.6. The van der Waals surface area contributed by atoms with Crippen molar-refractivity contribution >= 4 is 11.4 Å². The van der Waals surface area contributed by atoms with E-state index in [1.165, 1.54) is 97.6 Å². The van der Waals surface area contributed by atoms with Gasteiger partial charge in [-0.2, -0.15) is 0 Å². The molecular formula is C34H48N2. The van der Waals surface area contributed by atoms with Gasteiger partial charge >= 0.3 is 0 Å². The minimum absolute atomic E-state index is 0.937. The smallest absolute Gasteiger partial charge is 0.299 e. The number of nitrogens with zero attached hydrogens (tertiary/aromatic N) is 2. The van der Waals surface area contributed by atoms with E-state index in [0.717, 1.165) is 32.1 Å². The van der Waals surface area contributed by atoms with E-state index in [1.54, 1.807) is 0 Å². The average molecular weight is 485 g/mol. The van der Waals surface area contributed by atoms with E-state index in [0.29, 0.717) is 0 Å². The number of allylic oxidation sites excluding steroid dienone is 2. The molecule has 0 unspecified atom stereocenters. The molecule has 0 aliphatic rings. The molecule has 2 nitrogen and oxygen atoms in total. The van der Waals surface area contributed by atoms with Gasteiger partial charge in [0.2, 0.25) is 0 Å². The van der Waals surface area contributed by atoms with Crippen molar-refractivity contribution in [1.29, 1.82) is 0 Å². The lowest BCUT2D eigenvalue weighted by Crippen LogP contribution is -1.96. The Balaban J connectivity index is 2.27. The highest BCUT2D eigenvalue weighted by atomic mass is 14.8. The fraction of sp³-hybridized carbons (Fsp3) is 0.529. The van der Waals surface area contributed by atoms with Crippen molar-refractivity contribution in [1.82, 2.24) is 0 Å². The van der Waals surface area contributed by atoms with E-state index < -0.39 is 0 Å². The molecule has 0 heterocycles. The van der Waals surface area contributed by atoms with Gasteiger partial charge in [0, 0.05) is 0 Å². The zero-order valence-electron chi connectivity index (χ0n) is 23.2. The quantitative estimate of drug-likeness (QED) is 0.0663. The van der Waals surface area contributed by atoms with Gasteiger partial charge in [-0.05, 0) is 71.9 Å². The predicted octanol–water partition coefficient (Wildman–Crippen LogP) is 10.2. The summed E-state index contributed by atoms with van der Waals surface area (Å²) in [4.78, 5) is 3.15. The van der Waals surface area contributed by atoms with E-state index in [4.69, 9.17) is 5.53 Å². The summed E-state index contributed by atoms with van der Waals surface area (Å²) < 4.78 is 0. The Bertz CT molecular complexity index is 969. The molecule has 0 aliphatic heterocycles. The van der Waals surface area contributed by atoms with Crippen molar-refractivity contribution in [2.75, 3.05) is 0 Å². The van der Waals surface area contributed by atoms with E-state index in [-0.39, 0.29) is 0 Å². The van der Waals surface area contributed by atoms with Crippen LogP contribution in [0.25, 0.3) is 11.1 Å². The molecule has 0 amide bonds. The van der Waals surface area contributed by atoms with E-state index in [2.05, 4.69) is 80.0 Å². The minimum atomic E-state index is 0.937. The third-order valence-corrected chi connectivity index (χ3v) is 7.04. The van der Waals surface area contributed by atoms with Gasteiger partial charge < -0.3 is 5.53 Å². The summed E-state index contributed by atoms with van der Waals surface area (Å²) in [6.07, 6.45) is 20.4. The molecule has 0 bridgehead atoms. The van der Waals surface area contributed by atoms with Crippen LogP contribution in [-0.4, -0.2) is 10.7 Å². The van der Waals surface area contributed by atoms with Crippen LogP contribution >= 0.6 is 0 Å². The lowest BCUT2D eigenvalue weighted by atomic mass is 9.89. The number of unbranched alkanes of at least 4 members (excludes halogenated alkanes) is 9. The predicted molar refractivity (Wildman–Crippen MR) is 157 cm³/mol. The van der Waals surface area contributed by atoms with Gasteiger partial charge in [-0.1, -0.05) is 127 Å². The van der Waals surface area contributed by atoms with Crippen molar-refractivity contribution < 1.29 is 4.79 Å². The summed E-state index contributed by atoms with van der Waals surface area (Å²) in [5.41, 5.74) is 16.7. The van der Waals surface area contributed by atoms with Crippen LogP contribution in [0.2, 0.25) is 0 Å². The van der Waals surface area contributed by atoms with Crippen molar-refractivity contribution in [3.63, 3.8) is 0 Å². The first-order valence-electron chi connectivity index (χ1n) is 14.6. The Morgan fingerprint density at radius 1 is 0.639 bits per heavy atom. The summed E-state index contributed by atoms with van der Waals surface area (Å²) in [5.74, 6) is 2.69. The van der Waals surface area contributed by atoms with Gasteiger partial charge in [0.25, 0.3) is 5.87 Å². The Morgan fingerprint density at radius 3 is 1.56 bits per heavy atom. The van der Waals surface area contributed by atoms with Gasteiger partial charge in [0.1, 0.15) is 0 Å². The van der Waals surface area contributed by atoms with E-state index in [9.17, 15) is 0 Å². The van der Waals surface area contributed by atoms with E-state index in [1.807, 2.05) is 6.08 Å². The number of hydrogen-bond acceptors (Lipinski definition) is 0. The first-order chi connectivity index (χ1) is 17.7. The number of hydrogen-bond donors (Lipinski definition) is 0. The molecule has 0 saturated carbocycles. The Kier molecular flexibility index (Phi) is 15.3. The van der Waals surface area contributed by atoms with Crippen LogP contribution in [0.1, 0.15) is 126 Å². The second kappa shape index (κ2) is 18.6. The molecule has 2 rings (SSSR count). The molecule has 2 aromatic rings. The molecule has 36 heavy (non-hydrogen) atoms. The Hall–Kier alpha value is -2.66. The summed E-state index contributed by atoms with van der Waals surface area (Å²) in [5, 5.41) is 0. The fourth-order valence-electron chi connectivity index (χ4n) is 4.82.